The summed E-state index contributed by atoms with van der Waals surface area (Å²) in [5.74, 6) is 1.76. The minimum absolute atomic E-state index is 0. The largest absolute Gasteiger partial charge is 0.497 e. The molecule has 148 valence electrons. The number of methoxy groups -OCH3 is 2. The number of piperidine rings is 1. The Kier molecular flexibility index (Phi) is 7.94. The first-order valence-corrected chi connectivity index (χ1v) is 8.90. The van der Waals surface area contributed by atoms with Crippen LogP contribution in [0.2, 0.25) is 0 Å². The summed E-state index contributed by atoms with van der Waals surface area (Å²) in [5, 5.41) is 10.9. The smallest absolute Gasteiger partial charge is 0.241 e. The number of benzene rings is 1. The third-order valence-corrected chi connectivity index (χ3v) is 4.58. The van der Waals surface area contributed by atoms with Gasteiger partial charge < -0.3 is 20.1 Å². The molecule has 1 aliphatic rings. The Labute approximate surface area is 165 Å². The van der Waals surface area contributed by atoms with Crippen LogP contribution in [0, 0.1) is 0 Å². The summed E-state index contributed by atoms with van der Waals surface area (Å²) < 4.78 is 12.2. The lowest BCUT2D eigenvalue weighted by Gasteiger charge is -2.20. The van der Waals surface area contributed by atoms with Gasteiger partial charge in [0.15, 0.2) is 0 Å². The van der Waals surface area contributed by atoms with Crippen LogP contribution in [0.4, 0.5) is 0 Å². The first kappa shape index (κ1) is 21.1. The van der Waals surface area contributed by atoms with E-state index in [1.165, 1.54) is 6.42 Å². The number of ether oxygens (including phenoxy) is 2. The lowest BCUT2D eigenvalue weighted by atomic mass is 9.97. The maximum Gasteiger partial charge on any atom is 0.241 e. The number of halogens is 1. The van der Waals surface area contributed by atoms with Crippen molar-refractivity contribution in [2.45, 2.75) is 31.8 Å². The van der Waals surface area contributed by atoms with Crippen molar-refractivity contribution in [1.82, 2.24) is 20.4 Å². The van der Waals surface area contributed by atoms with Crippen LogP contribution in [0.3, 0.4) is 0 Å². The number of aromatic nitrogens is 2. The Balaban J connectivity index is 0.00000261. The summed E-state index contributed by atoms with van der Waals surface area (Å²) in [6.45, 7) is 2.66. The van der Waals surface area contributed by atoms with Gasteiger partial charge in [0.05, 0.1) is 19.9 Å². The molecule has 2 aromatic rings. The van der Waals surface area contributed by atoms with Crippen LogP contribution in [-0.4, -0.2) is 43.0 Å². The van der Waals surface area contributed by atoms with Gasteiger partial charge in [0, 0.05) is 31.3 Å². The normalized spacial score (nSPS) is 16.3. The fourth-order valence-electron chi connectivity index (χ4n) is 3.16. The second-order valence-corrected chi connectivity index (χ2v) is 6.48. The first-order valence-electron chi connectivity index (χ1n) is 8.90. The van der Waals surface area contributed by atoms with E-state index in [1.54, 1.807) is 25.0 Å². The van der Waals surface area contributed by atoms with Crippen LogP contribution in [0.1, 0.15) is 30.0 Å². The Morgan fingerprint density at radius 3 is 2.67 bits per heavy atom. The lowest BCUT2D eigenvalue weighted by Crippen LogP contribution is -2.29. The van der Waals surface area contributed by atoms with E-state index in [9.17, 15) is 4.79 Å². The minimum Gasteiger partial charge on any atom is -0.497 e. The van der Waals surface area contributed by atoms with Crippen LogP contribution < -0.4 is 20.1 Å². The predicted octanol–water partition coefficient (Wildman–Crippen LogP) is 2.11. The van der Waals surface area contributed by atoms with Gasteiger partial charge in [0.1, 0.15) is 18.0 Å². The van der Waals surface area contributed by atoms with Gasteiger partial charge in [-0.1, -0.05) is 0 Å². The number of amides is 1. The molecule has 1 amide bonds. The summed E-state index contributed by atoms with van der Waals surface area (Å²) in [7, 11) is 3.21. The second-order valence-electron chi connectivity index (χ2n) is 6.48. The Bertz CT molecular complexity index is 722. The minimum atomic E-state index is -0.0804. The van der Waals surface area contributed by atoms with Gasteiger partial charge in [-0.15, -0.1) is 12.4 Å². The highest BCUT2D eigenvalue weighted by atomic mass is 35.5. The predicted molar refractivity (Wildman–Crippen MR) is 106 cm³/mol. The van der Waals surface area contributed by atoms with Crippen LogP contribution in [-0.2, 0) is 17.9 Å². The number of nitrogens with zero attached hydrogens (tertiary/aromatic N) is 2. The molecule has 1 aromatic heterocycles. The fourth-order valence-corrected chi connectivity index (χ4v) is 3.16. The van der Waals surface area contributed by atoms with E-state index < -0.39 is 0 Å². The van der Waals surface area contributed by atoms with Gasteiger partial charge in [0.2, 0.25) is 5.91 Å². The number of rotatable bonds is 7. The molecule has 7 nitrogen and oxygen atoms in total. The molecular formula is C19H27ClN4O3. The highest BCUT2D eigenvalue weighted by molar-refractivity contribution is 5.85. The van der Waals surface area contributed by atoms with Crippen molar-refractivity contribution in [3.8, 4) is 11.5 Å². The number of carbonyl (C=O) groups excluding carboxylic acids is 1. The third kappa shape index (κ3) is 5.87. The second kappa shape index (κ2) is 10.2. The molecule has 3 rings (SSSR count). The summed E-state index contributed by atoms with van der Waals surface area (Å²) in [5.41, 5.74) is 1.98. The third-order valence-electron chi connectivity index (χ3n) is 4.58. The molecule has 8 heteroatoms. The molecule has 1 atom stereocenters. The van der Waals surface area contributed by atoms with Gasteiger partial charge in [-0.3, -0.25) is 9.48 Å². The van der Waals surface area contributed by atoms with Crippen molar-refractivity contribution in [2.75, 3.05) is 27.3 Å². The maximum atomic E-state index is 12.2. The molecule has 27 heavy (non-hydrogen) atoms. The molecular weight excluding hydrogens is 368 g/mol. The molecule has 1 fully saturated rings. The Hall–Kier alpha value is -2.25. The summed E-state index contributed by atoms with van der Waals surface area (Å²) in [4.78, 5) is 12.2. The van der Waals surface area contributed by atoms with Crippen LogP contribution in [0.25, 0.3) is 0 Å². The van der Waals surface area contributed by atoms with Crippen molar-refractivity contribution in [1.29, 1.82) is 0 Å². The average Bonchev–Trinajstić information content (AvgIpc) is 3.15. The monoisotopic (exact) mass is 394 g/mol. The molecule has 0 saturated carbocycles. The van der Waals surface area contributed by atoms with E-state index in [0.29, 0.717) is 24.0 Å². The zero-order valence-corrected chi connectivity index (χ0v) is 16.6. The topological polar surface area (TPSA) is 77.4 Å². The number of hydrogen-bond donors (Lipinski definition) is 2. The molecule has 2 heterocycles. The zero-order valence-electron chi connectivity index (χ0n) is 15.7. The molecule has 1 aliphatic heterocycles. The van der Waals surface area contributed by atoms with Gasteiger partial charge in [0.25, 0.3) is 0 Å². The van der Waals surface area contributed by atoms with Crippen molar-refractivity contribution >= 4 is 18.3 Å². The SMILES string of the molecule is COc1cc(CNC(=O)Cn2ccc(C3CCCNC3)n2)cc(OC)c1.Cl. The Morgan fingerprint density at radius 1 is 1.30 bits per heavy atom. The molecule has 2 N–H and O–H groups in total. The number of carbonyl (C=O) groups is 1. The van der Waals surface area contributed by atoms with Crippen LogP contribution in [0.5, 0.6) is 11.5 Å². The number of nitrogens with one attached hydrogen (secondary N) is 2. The van der Waals surface area contributed by atoms with E-state index in [1.807, 2.05) is 24.4 Å². The quantitative estimate of drug-likeness (QED) is 0.752. The van der Waals surface area contributed by atoms with Gasteiger partial charge >= 0.3 is 0 Å². The van der Waals surface area contributed by atoms with E-state index in [4.69, 9.17) is 9.47 Å². The average molecular weight is 395 g/mol. The fraction of sp³-hybridized carbons (Fsp3) is 0.474. The molecule has 0 bridgehead atoms. The molecule has 1 saturated heterocycles. The van der Waals surface area contributed by atoms with E-state index in [-0.39, 0.29) is 24.9 Å². The van der Waals surface area contributed by atoms with Crippen molar-refractivity contribution in [3.05, 3.63) is 41.7 Å². The van der Waals surface area contributed by atoms with E-state index in [2.05, 4.69) is 15.7 Å². The van der Waals surface area contributed by atoms with Crippen LogP contribution >= 0.6 is 12.4 Å². The highest BCUT2D eigenvalue weighted by Crippen LogP contribution is 2.22. The van der Waals surface area contributed by atoms with Crippen molar-refractivity contribution in [2.24, 2.45) is 0 Å². The summed E-state index contributed by atoms with van der Waals surface area (Å²) in [6, 6.07) is 7.57. The molecule has 0 aliphatic carbocycles. The van der Waals surface area contributed by atoms with Gasteiger partial charge in [-0.05, 0) is 43.1 Å². The zero-order chi connectivity index (χ0) is 18.4. The highest BCUT2D eigenvalue weighted by Gasteiger charge is 2.17. The molecule has 1 unspecified atom stereocenters. The Morgan fingerprint density at radius 2 is 2.04 bits per heavy atom. The first-order chi connectivity index (χ1) is 12.7. The summed E-state index contributed by atoms with van der Waals surface area (Å²) >= 11 is 0. The van der Waals surface area contributed by atoms with Gasteiger partial charge in [-0.25, -0.2) is 0 Å². The van der Waals surface area contributed by atoms with E-state index in [0.717, 1.165) is 30.8 Å². The molecule has 0 radical (unpaired) electrons. The molecule has 1 aromatic carbocycles. The molecule has 0 spiro atoms. The van der Waals surface area contributed by atoms with Crippen molar-refractivity contribution < 1.29 is 14.3 Å². The standard InChI is InChI=1S/C19H26N4O3.ClH/c1-25-16-8-14(9-17(10-16)26-2)11-21-19(24)13-23-7-5-18(22-23)15-4-3-6-20-12-15;/h5,7-10,15,20H,3-4,6,11-13H2,1-2H3,(H,21,24);1H. The summed E-state index contributed by atoms with van der Waals surface area (Å²) in [6.07, 6.45) is 4.19. The van der Waals surface area contributed by atoms with Crippen LogP contribution in [0.15, 0.2) is 30.5 Å². The number of hydrogen-bond acceptors (Lipinski definition) is 5. The van der Waals surface area contributed by atoms with E-state index >= 15 is 0 Å². The van der Waals surface area contributed by atoms with Gasteiger partial charge in [-0.2, -0.15) is 5.10 Å². The lowest BCUT2D eigenvalue weighted by molar-refractivity contribution is -0.122. The maximum absolute atomic E-state index is 12.2. The van der Waals surface area contributed by atoms with Crippen molar-refractivity contribution in [3.63, 3.8) is 0 Å².